The second kappa shape index (κ2) is 7.74. The van der Waals surface area contributed by atoms with E-state index in [4.69, 9.17) is 0 Å². The lowest BCUT2D eigenvalue weighted by Crippen LogP contribution is -2.37. The average molecular weight is 343 g/mol. The number of nitro groups is 1. The van der Waals surface area contributed by atoms with E-state index in [1.807, 2.05) is 6.07 Å². The maximum Gasteiger partial charge on any atom is 0.283 e. The molecule has 1 aromatic rings. The Morgan fingerprint density at radius 3 is 2.50 bits per heavy atom. The number of halogens is 1. The number of nitro benzene ring substituents is 1. The first kappa shape index (κ1) is 17.1. The third kappa shape index (κ3) is 4.28. The third-order valence-corrected chi connectivity index (χ3v) is 4.65. The minimum Gasteiger partial charge on any atom is -0.314 e. The van der Waals surface area contributed by atoms with Gasteiger partial charge in [0.2, 0.25) is 0 Å². The number of rotatable bonds is 7. The second-order valence-corrected chi connectivity index (χ2v) is 6.26. The lowest BCUT2D eigenvalue weighted by molar-refractivity contribution is -0.385. The molecule has 0 amide bonds. The predicted octanol–water partition coefficient (Wildman–Crippen LogP) is 4.17. The van der Waals surface area contributed by atoms with Crippen LogP contribution >= 0.6 is 15.9 Å². The van der Waals surface area contributed by atoms with Gasteiger partial charge in [-0.25, -0.2) is 0 Å². The minimum absolute atomic E-state index is 0.140. The van der Waals surface area contributed by atoms with Crippen molar-refractivity contribution in [1.82, 2.24) is 5.32 Å². The molecule has 0 saturated carbocycles. The Morgan fingerprint density at radius 1 is 1.35 bits per heavy atom. The number of benzene rings is 1. The number of hydrogen-bond donors (Lipinski definition) is 1. The first-order chi connectivity index (χ1) is 9.38. The van der Waals surface area contributed by atoms with Gasteiger partial charge in [-0.2, -0.15) is 0 Å². The van der Waals surface area contributed by atoms with Crippen LogP contribution in [0, 0.1) is 22.0 Å². The first-order valence-electron chi connectivity index (χ1n) is 7.03. The maximum absolute atomic E-state index is 11.0. The summed E-state index contributed by atoms with van der Waals surface area (Å²) in [5, 5.41) is 14.4. The highest BCUT2D eigenvalue weighted by molar-refractivity contribution is 9.10. The molecule has 0 radical (unpaired) electrons. The van der Waals surface area contributed by atoms with Gasteiger partial charge in [-0.15, -0.1) is 0 Å². The zero-order valence-electron chi connectivity index (χ0n) is 12.5. The van der Waals surface area contributed by atoms with E-state index in [9.17, 15) is 10.1 Å². The van der Waals surface area contributed by atoms with Crippen LogP contribution in [-0.4, -0.2) is 17.5 Å². The monoisotopic (exact) mass is 342 g/mol. The van der Waals surface area contributed by atoms with Gasteiger partial charge in [0, 0.05) is 12.1 Å². The molecule has 0 heterocycles. The summed E-state index contributed by atoms with van der Waals surface area (Å²) in [7, 11) is 0. The summed E-state index contributed by atoms with van der Waals surface area (Å²) in [5.41, 5.74) is 1.14. The molecule has 1 N–H and O–H groups in total. The van der Waals surface area contributed by atoms with Crippen molar-refractivity contribution in [3.8, 4) is 0 Å². The van der Waals surface area contributed by atoms with Crippen LogP contribution in [0.25, 0.3) is 0 Å². The highest BCUT2D eigenvalue weighted by atomic mass is 79.9. The summed E-state index contributed by atoms with van der Waals surface area (Å²) in [6.45, 7) is 9.60. The van der Waals surface area contributed by atoms with Crippen molar-refractivity contribution < 1.29 is 4.92 Å². The molecular formula is C15H23BrN2O2. The summed E-state index contributed by atoms with van der Waals surface area (Å²) in [6, 6.07) is 5.64. The maximum atomic E-state index is 11.0. The fourth-order valence-electron chi connectivity index (χ4n) is 2.58. The topological polar surface area (TPSA) is 55.2 Å². The molecule has 0 bridgehead atoms. The van der Waals surface area contributed by atoms with Gasteiger partial charge in [0.15, 0.2) is 0 Å². The zero-order valence-corrected chi connectivity index (χ0v) is 14.1. The van der Waals surface area contributed by atoms with Crippen molar-refractivity contribution >= 4 is 21.6 Å². The molecule has 0 spiro atoms. The first-order valence-corrected chi connectivity index (χ1v) is 7.82. The molecule has 0 aromatic heterocycles. The highest BCUT2D eigenvalue weighted by Gasteiger charge is 2.23. The SMILES string of the molecule is CCNC(C)C(Cc1cccc([N+](=O)[O-])c1Br)C(C)C. The van der Waals surface area contributed by atoms with Crippen LogP contribution in [0.3, 0.4) is 0 Å². The zero-order chi connectivity index (χ0) is 15.3. The van der Waals surface area contributed by atoms with E-state index < -0.39 is 0 Å². The van der Waals surface area contributed by atoms with Crippen molar-refractivity contribution in [2.24, 2.45) is 11.8 Å². The molecule has 1 aromatic carbocycles. The molecule has 20 heavy (non-hydrogen) atoms. The van der Waals surface area contributed by atoms with Gasteiger partial charge < -0.3 is 5.32 Å². The van der Waals surface area contributed by atoms with E-state index in [2.05, 4.69) is 48.9 Å². The molecule has 112 valence electrons. The molecule has 5 heteroatoms. The fourth-order valence-corrected chi connectivity index (χ4v) is 3.15. The van der Waals surface area contributed by atoms with Crippen molar-refractivity contribution in [3.05, 3.63) is 38.3 Å². The Kier molecular flexibility index (Phi) is 6.62. The molecular weight excluding hydrogens is 320 g/mol. The summed E-state index contributed by atoms with van der Waals surface area (Å²) in [4.78, 5) is 10.7. The number of nitrogens with zero attached hydrogens (tertiary/aromatic N) is 1. The second-order valence-electron chi connectivity index (χ2n) is 5.47. The summed E-state index contributed by atoms with van der Waals surface area (Å²) < 4.78 is 0.611. The molecule has 0 aliphatic heterocycles. The molecule has 0 aliphatic rings. The minimum atomic E-state index is -0.342. The highest BCUT2D eigenvalue weighted by Crippen LogP contribution is 2.32. The third-order valence-electron chi connectivity index (χ3n) is 3.74. The lowest BCUT2D eigenvalue weighted by atomic mass is 9.84. The van der Waals surface area contributed by atoms with Gasteiger partial charge >= 0.3 is 0 Å². The summed E-state index contributed by atoms with van der Waals surface area (Å²) in [5.74, 6) is 0.948. The predicted molar refractivity (Wildman–Crippen MR) is 86.0 cm³/mol. The van der Waals surface area contributed by atoms with Gasteiger partial charge in [0.1, 0.15) is 0 Å². The molecule has 0 aliphatic carbocycles. The Balaban J connectivity index is 3.00. The smallest absolute Gasteiger partial charge is 0.283 e. The van der Waals surface area contributed by atoms with E-state index in [1.165, 1.54) is 6.07 Å². The Hall–Kier alpha value is -0.940. The Bertz CT molecular complexity index is 463. The molecule has 0 fully saturated rings. The van der Waals surface area contributed by atoms with E-state index in [1.54, 1.807) is 6.07 Å². The van der Waals surface area contributed by atoms with Crippen LogP contribution in [0.4, 0.5) is 5.69 Å². The molecule has 4 nitrogen and oxygen atoms in total. The van der Waals surface area contributed by atoms with Gasteiger partial charge in [0.05, 0.1) is 9.40 Å². The van der Waals surface area contributed by atoms with Crippen molar-refractivity contribution in [1.29, 1.82) is 0 Å². The normalized spacial score (nSPS) is 14.3. The average Bonchev–Trinajstić information content (AvgIpc) is 2.36. The van der Waals surface area contributed by atoms with E-state index in [0.717, 1.165) is 18.5 Å². The summed E-state index contributed by atoms with van der Waals surface area (Å²) in [6.07, 6.45) is 0.827. The van der Waals surface area contributed by atoms with Crippen molar-refractivity contribution in [2.75, 3.05) is 6.54 Å². The van der Waals surface area contributed by atoms with E-state index >= 15 is 0 Å². The van der Waals surface area contributed by atoms with Crippen LogP contribution in [-0.2, 0) is 6.42 Å². The molecule has 2 atom stereocenters. The molecule has 1 rings (SSSR count). The largest absolute Gasteiger partial charge is 0.314 e. The fraction of sp³-hybridized carbons (Fsp3) is 0.600. The lowest BCUT2D eigenvalue weighted by Gasteiger charge is -2.28. The van der Waals surface area contributed by atoms with E-state index in [0.29, 0.717) is 22.4 Å². The van der Waals surface area contributed by atoms with Gasteiger partial charge in [-0.05, 0) is 53.2 Å². The Labute approximate surface area is 129 Å². The van der Waals surface area contributed by atoms with Crippen LogP contribution in [0.2, 0.25) is 0 Å². The van der Waals surface area contributed by atoms with Crippen LogP contribution < -0.4 is 5.32 Å². The van der Waals surface area contributed by atoms with Gasteiger partial charge in [-0.1, -0.05) is 32.9 Å². The van der Waals surface area contributed by atoms with Crippen molar-refractivity contribution in [3.63, 3.8) is 0 Å². The standard InChI is InChI=1S/C15H23BrN2O2/c1-5-17-11(4)13(10(2)3)9-12-7-6-8-14(15(12)16)18(19)20/h6-8,10-11,13,17H,5,9H2,1-4H3. The summed E-state index contributed by atoms with van der Waals surface area (Å²) >= 11 is 3.39. The number of hydrogen-bond acceptors (Lipinski definition) is 3. The van der Waals surface area contributed by atoms with Gasteiger partial charge in [0.25, 0.3) is 5.69 Å². The number of nitrogens with one attached hydrogen (secondary N) is 1. The molecule has 2 unspecified atom stereocenters. The van der Waals surface area contributed by atoms with Crippen LogP contribution in [0.15, 0.2) is 22.7 Å². The Morgan fingerprint density at radius 2 is 2.00 bits per heavy atom. The van der Waals surface area contributed by atoms with Gasteiger partial charge in [-0.3, -0.25) is 10.1 Å². The quantitative estimate of drug-likeness (QED) is 0.597. The van der Waals surface area contributed by atoms with E-state index in [-0.39, 0.29) is 10.6 Å². The van der Waals surface area contributed by atoms with Crippen LogP contribution in [0.1, 0.15) is 33.3 Å². The van der Waals surface area contributed by atoms with Crippen LogP contribution in [0.5, 0.6) is 0 Å². The molecule has 0 saturated heterocycles. The van der Waals surface area contributed by atoms with Crippen molar-refractivity contribution in [2.45, 2.75) is 40.2 Å².